The van der Waals surface area contributed by atoms with Crippen LogP contribution in [0.15, 0.2) is 0 Å². The highest BCUT2D eigenvalue weighted by atomic mass is 16.6. The lowest BCUT2D eigenvalue weighted by Gasteiger charge is -2.23. The monoisotopic (exact) mass is 159 g/mol. The number of rotatable bonds is 2. The molecule has 0 aromatic carbocycles. The first kappa shape index (κ1) is 8.46. The van der Waals surface area contributed by atoms with Crippen molar-refractivity contribution in [1.82, 2.24) is 0 Å². The Hall–Kier alpha value is -0.640. The fourth-order valence-corrected chi connectivity index (χ4v) is 1.59. The maximum atomic E-state index is 10.1. The fourth-order valence-electron chi connectivity index (χ4n) is 1.59. The van der Waals surface area contributed by atoms with Crippen LogP contribution < -0.4 is 0 Å². The minimum Gasteiger partial charge on any atom is -0.393 e. The van der Waals surface area contributed by atoms with E-state index in [9.17, 15) is 15.2 Å². The highest BCUT2D eigenvalue weighted by Gasteiger charge is 2.26. The summed E-state index contributed by atoms with van der Waals surface area (Å²) in [5.41, 5.74) is 0. The van der Waals surface area contributed by atoms with Gasteiger partial charge in [-0.05, 0) is 12.8 Å². The number of nitrogens with zero attached hydrogens (tertiary/aromatic N) is 1. The van der Waals surface area contributed by atoms with Crippen LogP contribution in [0.25, 0.3) is 0 Å². The van der Waals surface area contributed by atoms with Gasteiger partial charge in [-0.25, -0.2) is 0 Å². The molecule has 64 valence electrons. The molecule has 0 amide bonds. The van der Waals surface area contributed by atoms with Crippen LogP contribution in [0.1, 0.15) is 25.7 Å². The molecule has 0 heterocycles. The highest BCUT2D eigenvalue weighted by Crippen LogP contribution is 2.24. The largest absolute Gasteiger partial charge is 0.393 e. The van der Waals surface area contributed by atoms with E-state index in [-0.39, 0.29) is 17.4 Å². The molecular weight excluding hydrogens is 146 g/mol. The quantitative estimate of drug-likeness (QED) is 0.479. The van der Waals surface area contributed by atoms with Gasteiger partial charge < -0.3 is 5.11 Å². The first-order valence-electron chi connectivity index (χ1n) is 4.00. The Kier molecular flexibility index (Phi) is 2.82. The summed E-state index contributed by atoms with van der Waals surface area (Å²) in [4.78, 5) is 9.77. The zero-order valence-corrected chi connectivity index (χ0v) is 6.40. The molecule has 1 aliphatic rings. The van der Waals surface area contributed by atoms with Crippen LogP contribution in [0.3, 0.4) is 0 Å². The van der Waals surface area contributed by atoms with Crippen LogP contribution in [0, 0.1) is 16.0 Å². The van der Waals surface area contributed by atoms with E-state index in [4.69, 9.17) is 0 Å². The van der Waals surface area contributed by atoms with Gasteiger partial charge in [-0.3, -0.25) is 10.1 Å². The summed E-state index contributed by atoms with van der Waals surface area (Å²) in [6.07, 6.45) is 3.14. The lowest BCUT2D eigenvalue weighted by molar-refractivity contribution is -0.491. The lowest BCUT2D eigenvalue weighted by atomic mass is 9.87. The van der Waals surface area contributed by atoms with Gasteiger partial charge in [-0.2, -0.15) is 0 Å². The molecule has 1 fully saturated rings. The maximum Gasteiger partial charge on any atom is 0.209 e. The van der Waals surface area contributed by atoms with Crippen LogP contribution in [0.4, 0.5) is 0 Å². The molecule has 0 saturated heterocycles. The molecular formula is C7H13NO3. The van der Waals surface area contributed by atoms with Gasteiger partial charge in [0.05, 0.1) is 6.10 Å². The van der Waals surface area contributed by atoms with E-state index < -0.39 is 6.10 Å². The van der Waals surface area contributed by atoms with Crippen LogP contribution in [-0.2, 0) is 0 Å². The van der Waals surface area contributed by atoms with E-state index in [0.717, 1.165) is 25.7 Å². The molecule has 0 aliphatic heterocycles. The normalized spacial score (nSPS) is 31.7. The Morgan fingerprint density at radius 1 is 1.45 bits per heavy atom. The molecule has 11 heavy (non-hydrogen) atoms. The van der Waals surface area contributed by atoms with E-state index in [1.807, 2.05) is 0 Å². The van der Waals surface area contributed by atoms with Crippen molar-refractivity contribution in [2.24, 2.45) is 5.92 Å². The molecule has 0 radical (unpaired) electrons. The second-order valence-corrected chi connectivity index (χ2v) is 3.13. The Morgan fingerprint density at radius 2 is 2.09 bits per heavy atom. The highest BCUT2D eigenvalue weighted by molar-refractivity contribution is 4.73. The van der Waals surface area contributed by atoms with Crippen LogP contribution >= 0.6 is 0 Å². The maximum absolute atomic E-state index is 10.1. The van der Waals surface area contributed by atoms with E-state index in [2.05, 4.69) is 0 Å². The van der Waals surface area contributed by atoms with Crippen molar-refractivity contribution < 1.29 is 10.0 Å². The zero-order valence-electron chi connectivity index (χ0n) is 6.40. The van der Waals surface area contributed by atoms with Crippen molar-refractivity contribution >= 4 is 0 Å². The van der Waals surface area contributed by atoms with Crippen molar-refractivity contribution in [1.29, 1.82) is 0 Å². The molecule has 1 rings (SSSR count). The van der Waals surface area contributed by atoms with Gasteiger partial charge in [-0.1, -0.05) is 12.8 Å². The second-order valence-electron chi connectivity index (χ2n) is 3.13. The van der Waals surface area contributed by atoms with Crippen molar-refractivity contribution in [2.45, 2.75) is 31.8 Å². The summed E-state index contributed by atoms with van der Waals surface area (Å²) in [5.74, 6) is -0.0984. The average Bonchev–Trinajstić information content (AvgIpc) is 1.93. The molecule has 0 spiro atoms. The summed E-state index contributed by atoms with van der Waals surface area (Å²) in [5, 5.41) is 19.4. The molecule has 0 aromatic heterocycles. The zero-order chi connectivity index (χ0) is 8.27. The van der Waals surface area contributed by atoms with Crippen molar-refractivity contribution in [2.75, 3.05) is 6.54 Å². The van der Waals surface area contributed by atoms with Gasteiger partial charge in [0.25, 0.3) is 0 Å². The third kappa shape index (κ3) is 2.46. The first-order chi connectivity index (χ1) is 5.20. The van der Waals surface area contributed by atoms with Crippen LogP contribution in [0.5, 0.6) is 0 Å². The Balaban J connectivity index is 2.35. The number of hydrogen-bond acceptors (Lipinski definition) is 3. The summed E-state index contributed by atoms with van der Waals surface area (Å²) < 4.78 is 0. The minimum absolute atomic E-state index is 0.0683. The molecule has 4 nitrogen and oxygen atoms in total. The summed E-state index contributed by atoms with van der Waals surface area (Å²) in [6.45, 7) is -0.0683. The third-order valence-electron chi connectivity index (χ3n) is 2.25. The van der Waals surface area contributed by atoms with Gasteiger partial charge >= 0.3 is 0 Å². The Labute approximate surface area is 65.4 Å². The van der Waals surface area contributed by atoms with E-state index in [1.165, 1.54) is 0 Å². The average molecular weight is 159 g/mol. The molecule has 0 unspecified atom stereocenters. The van der Waals surface area contributed by atoms with Crippen LogP contribution in [0.2, 0.25) is 0 Å². The molecule has 1 saturated carbocycles. The van der Waals surface area contributed by atoms with Crippen molar-refractivity contribution in [3.05, 3.63) is 10.1 Å². The van der Waals surface area contributed by atoms with Crippen molar-refractivity contribution in [3.63, 3.8) is 0 Å². The van der Waals surface area contributed by atoms with Gasteiger partial charge in [0, 0.05) is 10.8 Å². The number of aliphatic hydroxyl groups is 1. The molecule has 2 atom stereocenters. The minimum atomic E-state index is -0.436. The van der Waals surface area contributed by atoms with Gasteiger partial charge in [0.2, 0.25) is 6.54 Å². The van der Waals surface area contributed by atoms with Gasteiger partial charge in [-0.15, -0.1) is 0 Å². The molecule has 1 N–H and O–H groups in total. The SMILES string of the molecule is O=[N+]([O-])C[C@@H]1CCCC[C@@H]1O. The van der Waals surface area contributed by atoms with E-state index in [1.54, 1.807) is 0 Å². The molecule has 0 aromatic rings. The lowest BCUT2D eigenvalue weighted by Crippen LogP contribution is -2.30. The fraction of sp³-hybridized carbons (Fsp3) is 1.00. The van der Waals surface area contributed by atoms with Crippen LogP contribution in [-0.4, -0.2) is 22.7 Å². The Bertz CT molecular complexity index is 149. The topological polar surface area (TPSA) is 63.4 Å². The summed E-state index contributed by atoms with van der Waals surface area (Å²) in [6, 6.07) is 0. The number of hydrogen-bond donors (Lipinski definition) is 1. The van der Waals surface area contributed by atoms with E-state index >= 15 is 0 Å². The van der Waals surface area contributed by atoms with E-state index in [0.29, 0.717) is 0 Å². The van der Waals surface area contributed by atoms with Crippen molar-refractivity contribution in [3.8, 4) is 0 Å². The second kappa shape index (κ2) is 3.67. The molecule has 1 aliphatic carbocycles. The predicted molar refractivity (Wildman–Crippen MR) is 39.8 cm³/mol. The van der Waals surface area contributed by atoms with Gasteiger partial charge in [0.1, 0.15) is 0 Å². The summed E-state index contributed by atoms with van der Waals surface area (Å²) >= 11 is 0. The standard InChI is InChI=1S/C7H13NO3/c9-7-4-2-1-3-6(7)5-8(10)11/h6-7,9H,1-5H2/t6-,7-/m0/s1. The third-order valence-corrected chi connectivity index (χ3v) is 2.25. The number of aliphatic hydroxyl groups excluding tert-OH is 1. The molecule has 0 bridgehead atoms. The smallest absolute Gasteiger partial charge is 0.209 e. The molecule has 4 heteroatoms. The summed E-state index contributed by atoms with van der Waals surface area (Å²) in [7, 11) is 0. The Morgan fingerprint density at radius 3 is 2.64 bits per heavy atom. The first-order valence-corrected chi connectivity index (χ1v) is 4.00. The van der Waals surface area contributed by atoms with Gasteiger partial charge in [0.15, 0.2) is 0 Å². The predicted octanol–water partition coefficient (Wildman–Crippen LogP) is 0.814. The number of nitro groups is 1.